The number of para-hydroxylation sites is 1. The smallest absolute Gasteiger partial charge is 0.341 e. The van der Waals surface area contributed by atoms with Crippen LogP contribution in [0.15, 0.2) is 43.0 Å². The Labute approximate surface area is 145 Å². The Hall–Kier alpha value is -2.34. The van der Waals surface area contributed by atoms with Crippen molar-refractivity contribution in [1.29, 1.82) is 0 Å². The lowest BCUT2D eigenvalue weighted by molar-refractivity contribution is -0.137. The molecule has 0 amide bonds. The number of ketones is 1. The van der Waals surface area contributed by atoms with E-state index in [9.17, 15) is 9.59 Å². The number of Topliss-reactive ketones (excluding diaryl/α,β-unsaturated/α-hetero) is 1. The van der Waals surface area contributed by atoms with Crippen molar-refractivity contribution in [1.82, 2.24) is 9.55 Å². The first-order valence-corrected chi connectivity index (χ1v) is 7.86. The Balaban J connectivity index is 2.41. The number of methoxy groups -OCH3 is 1. The summed E-state index contributed by atoms with van der Waals surface area (Å²) in [4.78, 5) is 28.7. The van der Waals surface area contributed by atoms with Gasteiger partial charge in [0.2, 0.25) is 12.0 Å². The lowest BCUT2D eigenvalue weighted by atomic mass is 9.89. The SMILES string of the molecule is COC(=O)c1ccccc1OC(C(=O)C(C)(C)CCl)n1ccnc1. The van der Waals surface area contributed by atoms with Crippen LogP contribution in [0.1, 0.15) is 30.4 Å². The molecule has 24 heavy (non-hydrogen) atoms. The van der Waals surface area contributed by atoms with Crippen molar-refractivity contribution < 1.29 is 19.1 Å². The summed E-state index contributed by atoms with van der Waals surface area (Å²) in [5.74, 6) is -0.380. The maximum atomic E-state index is 12.9. The third kappa shape index (κ3) is 3.76. The molecule has 0 aliphatic carbocycles. The maximum absolute atomic E-state index is 12.9. The molecule has 1 heterocycles. The van der Waals surface area contributed by atoms with Crippen LogP contribution in [0.3, 0.4) is 0 Å². The quantitative estimate of drug-likeness (QED) is 0.567. The number of hydrogen-bond acceptors (Lipinski definition) is 5. The third-order valence-electron chi connectivity index (χ3n) is 3.55. The van der Waals surface area contributed by atoms with Crippen LogP contribution in [-0.4, -0.2) is 34.3 Å². The van der Waals surface area contributed by atoms with Gasteiger partial charge in [0.25, 0.3) is 0 Å². The predicted octanol–water partition coefficient (Wildman–Crippen LogP) is 3.08. The van der Waals surface area contributed by atoms with Crippen LogP contribution in [0.4, 0.5) is 0 Å². The van der Waals surface area contributed by atoms with E-state index in [4.69, 9.17) is 21.1 Å². The van der Waals surface area contributed by atoms with Gasteiger partial charge in [0, 0.05) is 23.7 Å². The van der Waals surface area contributed by atoms with E-state index in [1.54, 1.807) is 50.5 Å². The van der Waals surface area contributed by atoms with Gasteiger partial charge < -0.3 is 9.47 Å². The molecule has 0 N–H and O–H groups in total. The molecule has 2 aromatic rings. The van der Waals surface area contributed by atoms with Crippen LogP contribution in [0.5, 0.6) is 5.75 Å². The highest BCUT2D eigenvalue weighted by Gasteiger charge is 2.36. The molecule has 0 fully saturated rings. The molecule has 0 radical (unpaired) electrons. The molecular formula is C17H19ClN2O4. The van der Waals surface area contributed by atoms with Crippen molar-refractivity contribution in [3.63, 3.8) is 0 Å². The number of benzene rings is 1. The van der Waals surface area contributed by atoms with Gasteiger partial charge in [-0.15, -0.1) is 11.6 Å². The van der Waals surface area contributed by atoms with Gasteiger partial charge in [0.15, 0.2) is 0 Å². The molecule has 0 aliphatic heterocycles. The van der Waals surface area contributed by atoms with E-state index in [1.807, 2.05) is 0 Å². The maximum Gasteiger partial charge on any atom is 0.341 e. The molecule has 0 spiro atoms. The summed E-state index contributed by atoms with van der Waals surface area (Å²) < 4.78 is 12.2. The van der Waals surface area contributed by atoms with Crippen molar-refractivity contribution in [2.45, 2.75) is 20.1 Å². The zero-order valence-corrected chi connectivity index (χ0v) is 14.5. The number of esters is 1. The number of rotatable bonds is 7. The number of ether oxygens (including phenoxy) is 2. The lowest BCUT2D eigenvalue weighted by Gasteiger charge is -2.27. The molecular weight excluding hydrogens is 332 g/mol. The van der Waals surface area contributed by atoms with Crippen molar-refractivity contribution in [2.24, 2.45) is 5.41 Å². The van der Waals surface area contributed by atoms with Gasteiger partial charge in [0.05, 0.1) is 13.4 Å². The molecule has 6 nitrogen and oxygen atoms in total. The van der Waals surface area contributed by atoms with Crippen LogP contribution in [0.2, 0.25) is 0 Å². The fraction of sp³-hybridized carbons (Fsp3) is 0.353. The monoisotopic (exact) mass is 350 g/mol. The van der Waals surface area contributed by atoms with Crippen LogP contribution in [0.25, 0.3) is 0 Å². The topological polar surface area (TPSA) is 70.4 Å². The second-order valence-corrected chi connectivity index (χ2v) is 6.12. The molecule has 0 bridgehead atoms. The zero-order chi connectivity index (χ0) is 17.7. The minimum atomic E-state index is -0.993. The van der Waals surface area contributed by atoms with Crippen LogP contribution < -0.4 is 4.74 Å². The minimum absolute atomic E-state index is 0.138. The number of nitrogens with zero attached hydrogens (tertiary/aromatic N) is 2. The molecule has 0 saturated carbocycles. The molecule has 0 aliphatic rings. The number of halogens is 1. The number of alkyl halides is 1. The van der Waals surface area contributed by atoms with E-state index in [-0.39, 0.29) is 23.0 Å². The van der Waals surface area contributed by atoms with Gasteiger partial charge >= 0.3 is 5.97 Å². The van der Waals surface area contributed by atoms with E-state index in [0.29, 0.717) is 0 Å². The second kappa shape index (κ2) is 7.49. The molecule has 1 unspecified atom stereocenters. The standard InChI is InChI=1S/C17H19ClN2O4/c1-17(2,10-18)14(21)15(20-9-8-19-11-20)24-13-7-5-4-6-12(13)16(22)23-3/h4-9,11,15H,10H2,1-3H3. The highest BCUT2D eigenvalue weighted by Crippen LogP contribution is 2.30. The van der Waals surface area contributed by atoms with Crippen LogP contribution in [-0.2, 0) is 9.53 Å². The highest BCUT2D eigenvalue weighted by atomic mass is 35.5. The van der Waals surface area contributed by atoms with E-state index >= 15 is 0 Å². The number of carbonyl (C=O) groups is 2. The predicted molar refractivity (Wildman–Crippen MR) is 89.2 cm³/mol. The first kappa shape index (κ1) is 18.0. The Kier molecular flexibility index (Phi) is 5.62. The molecule has 2 rings (SSSR count). The van der Waals surface area contributed by atoms with Crippen molar-refractivity contribution in [2.75, 3.05) is 13.0 Å². The average molecular weight is 351 g/mol. The van der Waals surface area contributed by atoms with Crippen molar-refractivity contribution in [3.8, 4) is 5.75 Å². The number of imidazole rings is 1. The van der Waals surface area contributed by atoms with Crippen molar-refractivity contribution in [3.05, 3.63) is 48.5 Å². The highest BCUT2D eigenvalue weighted by molar-refractivity contribution is 6.20. The van der Waals surface area contributed by atoms with E-state index in [2.05, 4.69) is 4.98 Å². The Morgan fingerprint density at radius 3 is 2.62 bits per heavy atom. The summed E-state index contributed by atoms with van der Waals surface area (Å²) in [5, 5.41) is 0. The van der Waals surface area contributed by atoms with Gasteiger partial charge in [0.1, 0.15) is 11.3 Å². The zero-order valence-electron chi connectivity index (χ0n) is 13.7. The van der Waals surface area contributed by atoms with E-state index in [1.165, 1.54) is 18.0 Å². The summed E-state index contributed by atoms with van der Waals surface area (Å²) >= 11 is 5.93. The fourth-order valence-corrected chi connectivity index (χ4v) is 2.16. The molecule has 0 saturated heterocycles. The summed E-state index contributed by atoms with van der Waals surface area (Å²) in [5.41, 5.74) is -0.571. The van der Waals surface area contributed by atoms with Gasteiger partial charge in [-0.1, -0.05) is 26.0 Å². The molecule has 128 valence electrons. The number of aromatic nitrogens is 2. The summed E-state index contributed by atoms with van der Waals surface area (Å²) in [7, 11) is 1.29. The van der Waals surface area contributed by atoms with Gasteiger partial charge in [-0.3, -0.25) is 9.36 Å². The van der Waals surface area contributed by atoms with Crippen LogP contribution in [0, 0.1) is 5.41 Å². The fourth-order valence-electron chi connectivity index (χ4n) is 2.03. The molecule has 7 heteroatoms. The first-order valence-electron chi connectivity index (χ1n) is 7.32. The van der Waals surface area contributed by atoms with E-state index < -0.39 is 17.6 Å². The average Bonchev–Trinajstić information content (AvgIpc) is 3.13. The van der Waals surface area contributed by atoms with Gasteiger partial charge in [-0.25, -0.2) is 9.78 Å². The number of hydrogen-bond donors (Lipinski definition) is 0. The van der Waals surface area contributed by atoms with Crippen LogP contribution >= 0.6 is 11.6 Å². The summed E-state index contributed by atoms with van der Waals surface area (Å²) in [6.07, 6.45) is 3.65. The Bertz CT molecular complexity index is 713. The normalized spacial score (nSPS) is 12.5. The Morgan fingerprint density at radius 2 is 2.04 bits per heavy atom. The largest absolute Gasteiger partial charge is 0.465 e. The van der Waals surface area contributed by atoms with Gasteiger partial charge in [-0.2, -0.15) is 0 Å². The molecule has 1 aromatic heterocycles. The van der Waals surface area contributed by atoms with Crippen molar-refractivity contribution >= 4 is 23.4 Å². The summed E-state index contributed by atoms with van der Waals surface area (Å²) in [6.45, 7) is 3.48. The third-order valence-corrected chi connectivity index (χ3v) is 4.22. The minimum Gasteiger partial charge on any atom is -0.465 e. The first-order chi connectivity index (χ1) is 11.4. The van der Waals surface area contributed by atoms with E-state index in [0.717, 1.165) is 0 Å². The second-order valence-electron chi connectivity index (χ2n) is 5.85. The molecule has 1 aromatic carbocycles. The van der Waals surface area contributed by atoms with Gasteiger partial charge in [-0.05, 0) is 12.1 Å². The number of carbonyl (C=O) groups excluding carboxylic acids is 2. The Morgan fingerprint density at radius 1 is 1.33 bits per heavy atom. The summed E-state index contributed by atoms with van der Waals surface area (Å²) in [6, 6.07) is 6.58. The lowest BCUT2D eigenvalue weighted by Crippen LogP contribution is -2.37. The molecule has 1 atom stereocenters.